The number of carboxylic acid groups (broad SMARTS) is 1. The lowest BCUT2D eigenvalue weighted by Crippen LogP contribution is -2.70. The van der Waals surface area contributed by atoms with E-state index < -0.39 is 12.0 Å². The summed E-state index contributed by atoms with van der Waals surface area (Å²) in [5.41, 5.74) is 2.38. The smallest absolute Gasteiger partial charge is 0.352 e. The lowest BCUT2D eigenvalue weighted by atomic mass is 10.0. The number of nitrogens with zero attached hydrogens (tertiary/aromatic N) is 4. The van der Waals surface area contributed by atoms with Crippen LogP contribution >= 0.6 is 47.1 Å². The summed E-state index contributed by atoms with van der Waals surface area (Å²) in [6.45, 7) is 0. The van der Waals surface area contributed by atoms with Crippen LogP contribution in [-0.4, -0.2) is 60.0 Å². The van der Waals surface area contributed by atoms with E-state index in [4.69, 9.17) is 17.5 Å². The number of rotatable bonds is 6. The number of aromatic nitrogens is 2. The highest BCUT2D eigenvalue weighted by Crippen LogP contribution is 2.43. The minimum absolute atomic E-state index is 0.00814. The average molecular weight is 440 g/mol. The van der Waals surface area contributed by atoms with Crippen LogP contribution in [0.2, 0.25) is 0 Å². The molecule has 27 heavy (non-hydrogen) atoms. The molecule has 140 valence electrons. The number of carbonyl (C=O) groups excluding carboxylic acids is 1. The van der Waals surface area contributed by atoms with Gasteiger partial charge in [0.15, 0.2) is 4.34 Å². The Labute approximate surface area is 172 Å². The van der Waals surface area contributed by atoms with E-state index in [1.165, 1.54) is 39.8 Å². The van der Waals surface area contributed by atoms with E-state index >= 15 is 0 Å². The van der Waals surface area contributed by atoms with Crippen molar-refractivity contribution in [3.63, 3.8) is 0 Å². The van der Waals surface area contributed by atoms with Gasteiger partial charge in [0.25, 0.3) is 5.91 Å². The van der Waals surface area contributed by atoms with Crippen molar-refractivity contribution >= 4 is 63.9 Å². The molecule has 2 N–H and O–H groups in total. The summed E-state index contributed by atoms with van der Waals surface area (Å²) < 4.78 is 0.760. The molecule has 12 heteroatoms. The number of nitriles is 1. The Hall–Kier alpha value is -1.68. The van der Waals surface area contributed by atoms with Crippen molar-refractivity contribution in [3.8, 4) is 6.07 Å². The molecule has 2 aliphatic heterocycles. The van der Waals surface area contributed by atoms with E-state index in [2.05, 4.69) is 21.6 Å². The second-order valence-electron chi connectivity index (χ2n) is 6.22. The highest BCUT2D eigenvalue weighted by Gasteiger charge is 2.55. The number of carbonyl (C=O) groups is 2. The van der Waals surface area contributed by atoms with E-state index in [1.54, 1.807) is 5.51 Å². The number of β-lactam (4-membered cyclic amide) rings is 1. The Bertz CT molecular complexity index is 881. The second-order valence-corrected chi connectivity index (χ2v) is 9.82. The largest absolute Gasteiger partial charge is 0.477 e. The Morgan fingerprint density at radius 2 is 2.41 bits per heavy atom. The molecule has 0 aromatic carbocycles. The predicted molar refractivity (Wildman–Crippen MR) is 105 cm³/mol. The highest BCUT2D eigenvalue weighted by atomic mass is 32.2. The minimum Gasteiger partial charge on any atom is -0.477 e. The van der Waals surface area contributed by atoms with Gasteiger partial charge < -0.3 is 10.4 Å². The third-order valence-electron chi connectivity index (χ3n) is 4.55. The number of hydrogen-bond donors (Lipinski definition) is 2. The van der Waals surface area contributed by atoms with Crippen molar-refractivity contribution in [2.24, 2.45) is 11.8 Å². The van der Waals surface area contributed by atoms with Gasteiger partial charge in [0.1, 0.15) is 22.6 Å². The van der Waals surface area contributed by atoms with Crippen LogP contribution in [-0.2, 0) is 9.59 Å². The van der Waals surface area contributed by atoms with Gasteiger partial charge in [0, 0.05) is 17.4 Å². The number of thiocarbonyl (C=S) groups is 1. The maximum atomic E-state index is 12.6. The molecule has 8 nitrogen and oxygen atoms in total. The fraction of sp³-hybridized carbons (Fsp3) is 0.467. The molecule has 1 unspecified atom stereocenters. The number of carboxylic acids is 1. The molecule has 1 saturated heterocycles. The zero-order valence-corrected chi connectivity index (χ0v) is 17.0. The molecule has 0 radical (unpaired) electrons. The van der Waals surface area contributed by atoms with Crippen molar-refractivity contribution in [2.45, 2.75) is 22.2 Å². The Morgan fingerprint density at radius 1 is 1.59 bits per heavy atom. The van der Waals surface area contributed by atoms with E-state index in [9.17, 15) is 14.7 Å². The van der Waals surface area contributed by atoms with Gasteiger partial charge in [-0.05, 0) is 12.0 Å². The summed E-state index contributed by atoms with van der Waals surface area (Å²) >= 11 is 9.64. The van der Waals surface area contributed by atoms with Crippen molar-refractivity contribution < 1.29 is 14.7 Å². The molecule has 3 heterocycles. The molecular formula is C15H13N5O3S4. The summed E-state index contributed by atoms with van der Waals surface area (Å²) in [4.78, 5) is 26.3. The van der Waals surface area contributed by atoms with Crippen LogP contribution < -0.4 is 5.32 Å². The van der Waals surface area contributed by atoms with Gasteiger partial charge in [0.05, 0.1) is 17.0 Å². The summed E-state index contributed by atoms with van der Waals surface area (Å²) in [6.07, 6.45) is 0.720. The van der Waals surface area contributed by atoms with Crippen LogP contribution in [0.3, 0.4) is 0 Å². The van der Waals surface area contributed by atoms with Crippen molar-refractivity contribution in [1.82, 2.24) is 20.4 Å². The van der Waals surface area contributed by atoms with Crippen LogP contribution in [0.5, 0.6) is 0 Å². The lowest BCUT2D eigenvalue weighted by molar-refractivity contribution is -0.148. The molecule has 1 aliphatic carbocycles. The second kappa shape index (κ2) is 7.38. The molecule has 4 rings (SSSR count). The van der Waals surface area contributed by atoms with Crippen LogP contribution in [0.1, 0.15) is 6.42 Å². The first kappa shape index (κ1) is 18.7. The van der Waals surface area contributed by atoms with Crippen LogP contribution in [0.25, 0.3) is 0 Å². The maximum absolute atomic E-state index is 12.6. The fourth-order valence-electron chi connectivity index (χ4n) is 3.06. The highest BCUT2D eigenvalue weighted by molar-refractivity contribution is 8.01. The topological polar surface area (TPSA) is 119 Å². The molecule has 4 atom stereocenters. The van der Waals surface area contributed by atoms with Crippen LogP contribution in [0, 0.1) is 23.2 Å². The normalized spacial score (nSPS) is 28.9. The molecule has 0 bridgehead atoms. The Morgan fingerprint density at radius 3 is 3.04 bits per heavy atom. The Kier molecular flexibility index (Phi) is 5.11. The standard InChI is InChI=1S/C15H13N5O3S4/c16-2-6-1-8(6)11(24)18-9-12(21)20-10(14(22)23)7(3-25-13(9)20)4-26-15-19-17-5-27-15/h5-6,8-9,13H,1,3-4H2,(H,18,24)(H,22,23)/t6-,8-,9?,13-/m0/s1. The van der Waals surface area contributed by atoms with Gasteiger partial charge in [-0.3, -0.25) is 9.69 Å². The lowest BCUT2D eigenvalue weighted by Gasteiger charge is -2.49. The van der Waals surface area contributed by atoms with E-state index in [0.717, 1.165) is 10.8 Å². The van der Waals surface area contributed by atoms with Gasteiger partial charge in [-0.25, -0.2) is 4.79 Å². The quantitative estimate of drug-likeness (QED) is 0.382. The van der Waals surface area contributed by atoms with Crippen molar-refractivity contribution in [1.29, 1.82) is 5.26 Å². The molecule has 1 saturated carbocycles. The number of aliphatic carboxylic acids is 1. The first-order valence-electron chi connectivity index (χ1n) is 8.00. The van der Waals surface area contributed by atoms with Gasteiger partial charge in [0.2, 0.25) is 0 Å². The monoisotopic (exact) mass is 439 g/mol. The number of fused-ring (bicyclic) bond motifs is 1. The first-order chi connectivity index (χ1) is 13.0. The van der Waals surface area contributed by atoms with Crippen molar-refractivity contribution in [3.05, 3.63) is 16.8 Å². The number of thioether (sulfide) groups is 2. The molecular weight excluding hydrogens is 426 g/mol. The summed E-state index contributed by atoms with van der Waals surface area (Å²) in [5, 5.41) is 29.0. The van der Waals surface area contributed by atoms with E-state index in [-0.39, 0.29) is 28.8 Å². The molecule has 3 aliphatic rings. The van der Waals surface area contributed by atoms with Gasteiger partial charge in [-0.1, -0.05) is 35.3 Å². The first-order valence-corrected chi connectivity index (χ1v) is 11.3. The molecule has 1 aromatic rings. The van der Waals surface area contributed by atoms with Gasteiger partial charge in [-0.15, -0.1) is 22.0 Å². The van der Waals surface area contributed by atoms with E-state index in [1.807, 2.05) is 0 Å². The summed E-state index contributed by atoms with van der Waals surface area (Å²) in [6, 6.07) is 1.64. The Balaban J connectivity index is 1.46. The number of amides is 1. The molecule has 1 aromatic heterocycles. The SMILES string of the molecule is N#C[C@@H]1C[C@@H]1C(=S)NC1C(=O)N2C(C(=O)O)=C(CSc3nncs3)CS[C@@H]12. The van der Waals surface area contributed by atoms with E-state index in [0.29, 0.717) is 22.1 Å². The molecule has 0 spiro atoms. The molecule has 1 amide bonds. The van der Waals surface area contributed by atoms with Crippen molar-refractivity contribution in [2.75, 3.05) is 11.5 Å². The number of hydrogen-bond acceptors (Lipinski definition) is 9. The fourth-order valence-corrected chi connectivity index (χ4v) is 6.42. The average Bonchev–Trinajstić information content (AvgIpc) is 3.28. The third kappa shape index (κ3) is 3.44. The minimum atomic E-state index is -1.10. The van der Waals surface area contributed by atoms with Crippen LogP contribution in [0.4, 0.5) is 0 Å². The molecule has 2 fully saturated rings. The summed E-state index contributed by atoms with van der Waals surface area (Å²) in [7, 11) is 0. The number of nitrogens with one attached hydrogen (secondary N) is 1. The predicted octanol–water partition coefficient (Wildman–Crippen LogP) is 1.33. The summed E-state index contributed by atoms with van der Waals surface area (Å²) in [5.74, 6) is -0.490. The van der Waals surface area contributed by atoms with Gasteiger partial charge >= 0.3 is 5.97 Å². The van der Waals surface area contributed by atoms with Gasteiger partial charge in [-0.2, -0.15) is 5.26 Å². The third-order valence-corrected chi connectivity index (χ3v) is 8.26. The zero-order valence-electron chi connectivity index (χ0n) is 13.7. The van der Waals surface area contributed by atoms with Crippen LogP contribution in [0.15, 0.2) is 21.1 Å². The zero-order chi connectivity index (χ0) is 19.1. The maximum Gasteiger partial charge on any atom is 0.352 e.